The standard InChI is InChI=1S/C10H16O3/c1-8(6-7-11)4-3-5-9(2)10(12)13/h5-7,10,12-13H,3-4H2,1-2H3/b8-6+,9-5?. The highest BCUT2D eigenvalue weighted by Gasteiger charge is 1.98. The van der Waals surface area contributed by atoms with Gasteiger partial charge in [0.15, 0.2) is 6.29 Å². The molecule has 2 N–H and O–H groups in total. The molecule has 0 radical (unpaired) electrons. The van der Waals surface area contributed by atoms with Crippen molar-refractivity contribution >= 4 is 6.29 Å². The zero-order valence-electron chi connectivity index (χ0n) is 8.03. The first-order chi connectivity index (χ1) is 6.07. The third kappa shape index (κ3) is 6.25. The van der Waals surface area contributed by atoms with Crippen LogP contribution in [0.4, 0.5) is 0 Å². The quantitative estimate of drug-likeness (QED) is 0.292. The summed E-state index contributed by atoms with van der Waals surface area (Å²) in [6, 6.07) is 0. The molecule has 0 bridgehead atoms. The van der Waals surface area contributed by atoms with Crippen LogP contribution in [0, 0.1) is 0 Å². The van der Waals surface area contributed by atoms with E-state index >= 15 is 0 Å². The molecule has 0 aromatic heterocycles. The summed E-state index contributed by atoms with van der Waals surface area (Å²) >= 11 is 0. The summed E-state index contributed by atoms with van der Waals surface area (Å²) in [6.45, 7) is 3.52. The maximum absolute atomic E-state index is 10.0. The zero-order valence-corrected chi connectivity index (χ0v) is 8.03. The van der Waals surface area contributed by atoms with Gasteiger partial charge in [0.05, 0.1) is 0 Å². The van der Waals surface area contributed by atoms with E-state index < -0.39 is 6.29 Å². The normalized spacial score (nSPS) is 13.6. The van der Waals surface area contributed by atoms with Crippen molar-refractivity contribution in [2.24, 2.45) is 0 Å². The third-order valence-electron chi connectivity index (χ3n) is 1.76. The molecular formula is C10H16O3. The Morgan fingerprint density at radius 2 is 2.00 bits per heavy atom. The molecule has 0 saturated heterocycles. The monoisotopic (exact) mass is 184 g/mol. The molecule has 0 unspecified atom stereocenters. The molecule has 0 aliphatic carbocycles. The Balaban J connectivity index is 3.85. The van der Waals surface area contributed by atoms with E-state index in [1.807, 2.05) is 6.92 Å². The van der Waals surface area contributed by atoms with Crippen LogP contribution >= 0.6 is 0 Å². The van der Waals surface area contributed by atoms with E-state index in [9.17, 15) is 4.79 Å². The van der Waals surface area contributed by atoms with E-state index in [1.54, 1.807) is 13.0 Å². The number of aliphatic hydroxyl groups is 2. The summed E-state index contributed by atoms with van der Waals surface area (Å²) < 4.78 is 0. The summed E-state index contributed by atoms with van der Waals surface area (Å²) in [7, 11) is 0. The van der Waals surface area contributed by atoms with Crippen molar-refractivity contribution in [1.82, 2.24) is 0 Å². The molecule has 0 fully saturated rings. The Labute approximate surface area is 78.4 Å². The minimum atomic E-state index is -1.37. The van der Waals surface area contributed by atoms with Gasteiger partial charge in [0, 0.05) is 0 Å². The molecule has 0 aliphatic heterocycles. The lowest BCUT2D eigenvalue weighted by Gasteiger charge is -2.02. The van der Waals surface area contributed by atoms with Gasteiger partial charge in [0.25, 0.3) is 0 Å². The van der Waals surface area contributed by atoms with Gasteiger partial charge in [-0.1, -0.05) is 11.6 Å². The van der Waals surface area contributed by atoms with Crippen LogP contribution in [0.25, 0.3) is 0 Å². The highest BCUT2D eigenvalue weighted by Crippen LogP contribution is 2.07. The van der Waals surface area contributed by atoms with E-state index in [0.717, 1.165) is 24.7 Å². The van der Waals surface area contributed by atoms with Gasteiger partial charge in [-0.05, 0) is 38.3 Å². The summed E-state index contributed by atoms with van der Waals surface area (Å²) in [6.07, 6.45) is 4.15. The van der Waals surface area contributed by atoms with Gasteiger partial charge >= 0.3 is 0 Å². The predicted molar refractivity (Wildman–Crippen MR) is 51.0 cm³/mol. The number of carbonyl (C=O) groups is 1. The Bertz CT molecular complexity index is 214. The lowest BCUT2D eigenvalue weighted by molar-refractivity contribution is -0.104. The minimum Gasteiger partial charge on any atom is -0.365 e. The van der Waals surface area contributed by atoms with Crippen LogP contribution in [0.1, 0.15) is 26.7 Å². The molecule has 0 saturated carbocycles. The molecule has 3 heteroatoms. The Morgan fingerprint density at radius 3 is 2.46 bits per heavy atom. The van der Waals surface area contributed by atoms with Crippen molar-refractivity contribution in [3.05, 3.63) is 23.3 Å². The molecule has 0 heterocycles. The van der Waals surface area contributed by atoms with Gasteiger partial charge in [-0.2, -0.15) is 0 Å². The molecule has 0 spiro atoms. The molecule has 0 aliphatic rings. The fourth-order valence-corrected chi connectivity index (χ4v) is 0.832. The van der Waals surface area contributed by atoms with Crippen LogP contribution in [-0.2, 0) is 4.79 Å². The second-order valence-electron chi connectivity index (χ2n) is 3.01. The van der Waals surface area contributed by atoms with E-state index in [2.05, 4.69) is 0 Å². The van der Waals surface area contributed by atoms with E-state index in [4.69, 9.17) is 10.2 Å². The first-order valence-corrected chi connectivity index (χ1v) is 4.21. The molecule has 74 valence electrons. The van der Waals surface area contributed by atoms with E-state index in [0.29, 0.717) is 5.57 Å². The number of allylic oxidation sites excluding steroid dienone is 3. The van der Waals surface area contributed by atoms with Gasteiger partial charge in [-0.25, -0.2) is 0 Å². The van der Waals surface area contributed by atoms with Crippen LogP contribution in [0.3, 0.4) is 0 Å². The molecule has 0 aromatic carbocycles. The molecule has 13 heavy (non-hydrogen) atoms. The second-order valence-corrected chi connectivity index (χ2v) is 3.01. The minimum absolute atomic E-state index is 0.541. The lowest BCUT2D eigenvalue weighted by atomic mass is 10.1. The van der Waals surface area contributed by atoms with Crippen molar-refractivity contribution < 1.29 is 15.0 Å². The van der Waals surface area contributed by atoms with Crippen molar-refractivity contribution in [3.63, 3.8) is 0 Å². The summed E-state index contributed by atoms with van der Waals surface area (Å²) in [4.78, 5) is 10.0. The highest BCUT2D eigenvalue weighted by atomic mass is 16.5. The average Bonchev–Trinajstić information content (AvgIpc) is 2.04. The maximum Gasteiger partial charge on any atom is 0.173 e. The number of rotatable bonds is 5. The number of hydrogen-bond donors (Lipinski definition) is 2. The molecule has 0 atom stereocenters. The molecule has 0 rings (SSSR count). The van der Waals surface area contributed by atoms with Crippen molar-refractivity contribution in [1.29, 1.82) is 0 Å². The third-order valence-corrected chi connectivity index (χ3v) is 1.76. The van der Waals surface area contributed by atoms with Gasteiger partial charge in [0.2, 0.25) is 0 Å². The first kappa shape index (κ1) is 12.1. The highest BCUT2D eigenvalue weighted by molar-refractivity contribution is 5.65. The maximum atomic E-state index is 10.0. The summed E-state index contributed by atoms with van der Waals surface area (Å²) in [5, 5.41) is 17.4. The van der Waals surface area contributed by atoms with Crippen LogP contribution in [0.2, 0.25) is 0 Å². The molecule has 3 nitrogen and oxygen atoms in total. The van der Waals surface area contributed by atoms with Crippen molar-refractivity contribution in [3.8, 4) is 0 Å². The van der Waals surface area contributed by atoms with Gasteiger partial charge in [-0.15, -0.1) is 0 Å². The largest absolute Gasteiger partial charge is 0.365 e. The van der Waals surface area contributed by atoms with Crippen LogP contribution < -0.4 is 0 Å². The Hall–Kier alpha value is -0.930. The zero-order chi connectivity index (χ0) is 10.3. The van der Waals surface area contributed by atoms with E-state index in [1.165, 1.54) is 6.08 Å². The number of aliphatic hydroxyl groups excluding tert-OH is 1. The van der Waals surface area contributed by atoms with Crippen LogP contribution in [-0.4, -0.2) is 22.8 Å². The number of aldehydes is 1. The molecular weight excluding hydrogens is 168 g/mol. The SMILES string of the molecule is CC(=CCC/C(C)=C/C=O)C(O)O. The van der Waals surface area contributed by atoms with Crippen molar-refractivity contribution in [2.45, 2.75) is 33.0 Å². The Kier molecular flexibility index (Phi) is 6.10. The van der Waals surface area contributed by atoms with Crippen LogP contribution in [0.5, 0.6) is 0 Å². The first-order valence-electron chi connectivity index (χ1n) is 4.21. The fraction of sp³-hybridized carbons (Fsp3) is 0.500. The lowest BCUT2D eigenvalue weighted by Crippen LogP contribution is -2.05. The Morgan fingerprint density at radius 1 is 1.38 bits per heavy atom. The molecule has 0 aromatic rings. The topological polar surface area (TPSA) is 57.5 Å². The average molecular weight is 184 g/mol. The van der Waals surface area contributed by atoms with Gasteiger partial charge in [-0.3, -0.25) is 4.79 Å². The summed E-state index contributed by atoms with van der Waals surface area (Å²) in [5.41, 5.74) is 1.53. The number of hydrogen-bond acceptors (Lipinski definition) is 3. The smallest absolute Gasteiger partial charge is 0.173 e. The van der Waals surface area contributed by atoms with Gasteiger partial charge in [0.1, 0.15) is 6.29 Å². The van der Waals surface area contributed by atoms with Gasteiger partial charge < -0.3 is 10.2 Å². The second kappa shape index (κ2) is 6.57. The number of carbonyl (C=O) groups excluding carboxylic acids is 1. The van der Waals surface area contributed by atoms with Crippen LogP contribution in [0.15, 0.2) is 23.3 Å². The molecule has 0 amide bonds. The van der Waals surface area contributed by atoms with E-state index in [-0.39, 0.29) is 0 Å². The summed E-state index contributed by atoms with van der Waals surface area (Å²) in [5.74, 6) is 0. The van der Waals surface area contributed by atoms with Crippen molar-refractivity contribution in [2.75, 3.05) is 0 Å². The predicted octanol–water partition coefficient (Wildman–Crippen LogP) is 1.17. The fourth-order valence-electron chi connectivity index (χ4n) is 0.832.